The SMILES string of the molecule is CN=C(NCc1ccnc(Oc2ccc(F)cc2)c1)Nc1ccc2c(c1)OCCCO2. The Balaban J connectivity index is 1.36. The fourth-order valence-corrected chi connectivity index (χ4v) is 2.98. The molecule has 31 heavy (non-hydrogen) atoms. The lowest BCUT2D eigenvalue weighted by atomic mass is 10.2. The smallest absolute Gasteiger partial charge is 0.219 e. The molecule has 1 aliphatic heterocycles. The van der Waals surface area contributed by atoms with Gasteiger partial charge in [0.2, 0.25) is 5.88 Å². The molecule has 0 spiro atoms. The van der Waals surface area contributed by atoms with Crippen molar-refractivity contribution in [2.75, 3.05) is 25.6 Å². The molecule has 0 aliphatic carbocycles. The second-order valence-electron chi connectivity index (χ2n) is 6.82. The normalized spacial score (nSPS) is 13.3. The highest BCUT2D eigenvalue weighted by molar-refractivity contribution is 5.93. The van der Waals surface area contributed by atoms with Crippen molar-refractivity contribution in [2.24, 2.45) is 4.99 Å². The topological polar surface area (TPSA) is 77.0 Å². The molecule has 160 valence electrons. The third kappa shape index (κ3) is 5.63. The molecule has 2 heterocycles. The zero-order valence-electron chi connectivity index (χ0n) is 17.1. The quantitative estimate of drug-likeness (QED) is 0.470. The highest BCUT2D eigenvalue weighted by atomic mass is 19.1. The van der Waals surface area contributed by atoms with E-state index in [1.165, 1.54) is 12.1 Å². The molecule has 1 aliphatic rings. The summed E-state index contributed by atoms with van der Waals surface area (Å²) in [6, 6.07) is 15.2. The van der Waals surface area contributed by atoms with Crippen molar-refractivity contribution >= 4 is 11.6 Å². The monoisotopic (exact) mass is 422 g/mol. The summed E-state index contributed by atoms with van der Waals surface area (Å²) >= 11 is 0. The molecule has 0 amide bonds. The summed E-state index contributed by atoms with van der Waals surface area (Å²) in [7, 11) is 1.70. The summed E-state index contributed by atoms with van der Waals surface area (Å²) in [5.41, 5.74) is 1.79. The van der Waals surface area contributed by atoms with Gasteiger partial charge in [-0.15, -0.1) is 0 Å². The first-order valence-electron chi connectivity index (χ1n) is 9.95. The largest absolute Gasteiger partial charge is 0.490 e. The number of aromatic nitrogens is 1. The fourth-order valence-electron chi connectivity index (χ4n) is 2.98. The predicted molar refractivity (Wildman–Crippen MR) is 117 cm³/mol. The van der Waals surface area contributed by atoms with Gasteiger partial charge in [-0.2, -0.15) is 0 Å². The van der Waals surface area contributed by atoms with Crippen LogP contribution in [-0.2, 0) is 6.54 Å². The molecule has 0 saturated carbocycles. The number of nitrogens with one attached hydrogen (secondary N) is 2. The lowest BCUT2D eigenvalue weighted by Crippen LogP contribution is -2.30. The van der Waals surface area contributed by atoms with E-state index in [1.54, 1.807) is 25.4 Å². The third-order valence-corrected chi connectivity index (χ3v) is 4.53. The predicted octanol–water partition coefficient (Wildman–Crippen LogP) is 4.36. The van der Waals surface area contributed by atoms with E-state index < -0.39 is 0 Å². The van der Waals surface area contributed by atoms with Crippen LogP contribution < -0.4 is 24.8 Å². The van der Waals surface area contributed by atoms with Gasteiger partial charge in [0.25, 0.3) is 0 Å². The van der Waals surface area contributed by atoms with Crippen molar-refractivity contribution in [2.45, 2.75) is 13.0 Å². The second-order valence-corrected chi connectivity index (χ2v) is 6.82. The van der Waals surface area contributed by atoms with Crippen LogP contribution in [0.1, 0.15) is 12.0 Å². The van der Waals surface area contributed by atoms with Crippen molar-refractivity contribution < 1.29 is 18.6 Å². The van der Waals surface area contributed by atoms with E-state index in [4.69, 9.17) is 14.2 Å². The number of halogens is 1. The van der Waals surface area contributed by atoms with Gasteiger partial charge in [0.15, 0.2) is 17.5 Å². The zero-order valence-corrected chi connectivity index (χ0v) is 17.1. The molecule has 4 rings (SSSR count). The van der Waals surface area contributed by atoms with E-state index >= 15 is 0 Å². The first-order chi connectivity index (χ1) is 15.2. The molecule has 3 aromatic rings. The molecule has 0 bridgehead atoms. The Morgan fingerprint density at radius 2 is 1.87 bits per heavy atom. The molecule has 0 atom stereocenters. The Labute approximate surface area is 179 Å². The summed E-state index contributed by atoms with van der Waals surface area (Å²) in [6.45, 7) is 1.79. The molecule has 8 heteroatoms. The number of anilines is 1. The molecule has 0 unspecified atom stereocenters. The number of ether oxygens (including phenoxy) is 3. The van der Waals surface area contributed by atoms with Crippen LogP contribution in [0.2, 0.25) is 0 Å². The maximum Gasteiger partial charge on any atom is 0.219 e. The van der Waals surface area contributed by atoms with Crippen LogP contribution >= 0.6 is 0 Å². The van der Waals surface area contributed by atoms with E-state index in [2.05, 4.69) is 20.6 Å². The van der Waals surface area contributed by atoms with Gasteiger partial charge in [0, 0.05) is 44.0 Å². The van der Waals surface area contributed by atoms with Crippen LogP contribution in [0.25, 0.3) is 0 Å². The number of aliphatic imine (C=N–C) groups is 1. The average Bonchev–Trinajstić information content (AvgIpc) is 3.03. The van der Waals surface area contributed by atoms with Crippen molar-refractivity contribution in [1.82, 2.24) is 10.3 Å². The molecule has 1 aromatic heterocycles. The number of nitrogens with zero attached hydrogens (tertiary/aromatic N) is 2. The molecule has 0 radical (unpaired) electrons. The number of pyridine rings is 1. The van der Waals surface area contributed by atoms with E-state index in [9.17, 15) is 4.39 Å². The maximum atomic E-state index is 13.0. The lowest BCUT2D eigenvalue weighted by Gasteiger charge is -2.14. The van der Waals surface area contributed by atoms with E-state index in [-0.39, 0.29) is 5.82 Å². The van der Waals surface area contributed by atoms with Gasteiger partial charge >= 0.3 is 0 Å². The van der Waals surface area contributed by atoms with Crippen molar-refractivity contribution in [3.63, 3.8) is 0 Å². The van der Waals surface area contributed by atoms with Crippen LogP contribution in [0, 0.1) is 5.82 Å². The van der Waals surface area contributed by atoms with Crippen LogP contribution in [0.3, 0.4) is 0 Å². The molecular formula is C23H23FN4O3. The van der Waals surface area contributed by atoms with Gasteiger partial charge in [-0.25, -0.2) is 9.37 Å². The first kappa shape index (κ1) is 20.5. The van der Waals surface area contributed by atoms with Gasteiger partial charge < -0.3 is 24.8 Å². The Morgan fingerprint density at radius 3 is 2.68 bits per heavy atom. The molecule has 0 saturated heterocycles. The number of hydrogen-bond acceptors (Lipinski definition) is 5. The molecule has 0 fully saturated rings. The summed E-state index contributed by atoms with van der Waals surface area (Å²) in [5.74, 6) is 2.70. The summed E-state index contributed by atoms with van der Waals surface area (Å²) in [5, 5.41) is 6.51. The molecule has 2 N–H and O–H groups in total. The van der Waals surface area contributed by atoms with Crippen LogP contribution in [-0.4, -0.2) is 31.2 Å². The average molecular weight is 422 g/mol. The zero-order chi connectivity index (χ0) is 21.5. The summed E-state index contributed by atoms with van der Waals surface area (Å²) in [4.78, 5) is 8.47. The van der Waals surface area contributed by atoms with Gasteiger partial charge in [0.05, 0.1) is 13.2 Å². The van der Waals surface area contributed by atoms with E-state index in [0.29, 0.717) is 37.3 Å². The van der Waals surface area contributed by atoms with Crippen LogP contribution in [0.4, 0.5) is 10.1 Å². The lowest BCUT2D eigenvalue weighted by molar-refractivity contribution is 0.297. The van der Waals surface area contributed by atoms with E-state index in [0.717, 1.165) is 29.2 Å². The maximum absolute atomic E-state index is 13.0. The van der Waals surface area contributed by atoms with Gasteiger partial charge in [-0.05, 0) is 48.0 Å². The minimum atomic E-state index is -0.314. The summed E-state index contributed by atoms with van der Waals surface area (Å²) in [6.07, 6.45) is 2.52. The van der Waals surface area contributed by atoms with Crippen molar-refractivity contribution in [1.29, 1.82) is 0 Å². The van der Waals surface area contributed by atoms with Crippen molar-refractivity contribution in [3.05, 3.63) is 72.2 Å². The van der Waals surface area contributed by atoms with Gasteiger partial charge in [-0.3, -0.25) is 4.99 Å². The molecule has 7 nitrogen and oxygen atoms in total. The fraction of sp³-hybridized carbons (Fsp3) is 0.217. The summed E-state index contributed by atoms with van der Waals surface area (Å²) < 4.78 is 30.1. The van der Waals surface area contributed by atoms with Crippen LogP contribution in [0.5, 0.6) is 23.1 Å². The van der Waals surface area contributed by atoms with Gasteiger partial charge in [0.1, 0.15) is 11.6 Å². The van der Waals surface area contributed by atoms with Gasteiger partial charge in [-0.1, -0.05) is 0 Å². The molecular weight excluding hydrogens is 399 g/mol. The Bertz CT molecular complexity index is 1060. The third-order valence-electron chi connectivity index (χ3n) is 4.53. The number of benzene rings is 2. The number of hydrogen-bond donors (Lipinski definition) is 2. The highest BCUT2D eigenvalue weighted by Crippen LogP contribution is 2.32. The van der Waals surface area contributed by atoms with E-state index in [1.807, 2.05) is 30.3 Å². The van der Waals surface area contributed by atoms with Crippen molar-refractivity contribution in [3.8, 4) is 23.1 Å². The van der Waals surface area contributed by atoms with Crippen LogP contribution in [0.15, 0.2) is 65.8 Å². The number of rotatable bonds is 5. The second kappa shape index (κ2) is 9.80. The minimum absolute atomic E-state index is 0.314. The number of guanidine groups is 1. The molecule has 2 aromatic carbocycles. The Hall–Kier alpha value is -3.81. The Morgan fingerprint density at radius 1 is 1.06 bits per heavy atom. The first-order valence-corrected chi connectivity index (χ1v) is 9.95. The Kier molecular flexibility index (Phi) is 6.47. The minimum Gasteiger partial charge on any atom is -0.490 e. The number of fused-ring (bicyclic) bond motifs is 1. The standard InChI is InChI=1S/C23H23FN4O3/c1-25-23(28-18-5-8-20-21(14-18)30-12-2-11-29-20)27-15-16-9-10-26-22(13-16)31-19-6-3-17(24)4-7-19/h3-10,13-14H,2,11-12,15H2,1H3,(H2,25,27,28). The highest BCUT2D eigenvalue weighted by Gasteiger charge is 2.11.